The third-order valence-electron chi connectivity index (χ3n) is 5.65. The van der Waals surface area contributed by atoms with E-state index in [1.165, 1.54) is 23.1 Å². The number of benzene rings is 2. The van der Waals surface area contributed by atoms with Gasteiger partial charge in [-0.3, -0.25) is 9.59 Å². The zero-order valence-electron chi connectivity index (χ0n) is 18.1. The van der Waals surface area contributed by atoms with Crippen LogP contribution in [0.3, 0.4) is 0 Å². The maximum Gasteiger partial charge on any atom is 0.323 e. The molecule has 8 heteroatoms. The second-order valence-corrected chi connectivity index (χ2v) is 9.18. The molecule has 1 aliphatic rings. The summed E-state index contributed by atoms with van der Waals surface area (Å²) in [4.78, 5) is 25.8. The molecule has 2 aromatic rings. The quantitative estimate of drug-likeness (QED) is 0.466. The van der Waals surface area contributed by atoms with Crippen LogP contribution < -0.4 is 9.64 Å². The maximum absolute atomic E-state index is 13.1. The van der Waals surface area contributed by atoms with Gasteiger partial charge in [0, 0.05) is 17.2 Å². The molecule has 1 fully saturated rings. The number of hydrogen-bond donors (Lipinski definition) is 2. The number of rotatable bonds is 7. The van der Waals surface area contributed by atoms with Crippen molar-refractivity contribution in [2.24, 2.45) is 5.92 Å². The molecule has 2 N–H and O–H groups in total. The average molecular weight is 480 g/mol. The summed E-state index contributed by atoms with van der Waals surface area (Å²) in [5.41, 5.74) is 1.04. The van der Waals surface area contributed by atoms with Crippen molar-refractivity contribution in [1.82, 2.24) is 0 Å². The lowest BCUT2D eigenvalue weighted by Gasteiger charge is -2.29. The van der Waals surface area contributed by atoms with Crippen molar-refractivity contribution in [2.45, 2.75) is 51.9 Å². The highest BCUT2D eigenvalue weighted by Gasteiger charge is 2.29. The molecule has 172 valence electrons. The molecule has 0 aliphatic heterocycles. The second-order valence-electron chi connectivity index (χ2n) is 8.37. The minimum atomic E-state index is -1.12. The highest BCUT2D eigenvalue weighted by Crippen LogP contribution is 2.41. The topological polar surface area (TPSA) is 87.1 Å². The fourth-order valence-corrected chi connectivity index (χ4v) is 4.53. The van der Waals surface area contributed by atoms with Crippen LogP contribution >= 0.6 is 23.2 Å². The number of carbonyl (C=O) groups excluding carboxylic acids is 1. The number of aliphatic carboxylic acids is 1. The molecule has 0 spiro atoms. The molecule has 1 aliphatic carbocycles. The van der Waals surface area contributed by atoms with E-state index in [2.05, 4.69) is 0 Å². The van der Waals surface area contributed by atoms with Crippen LogP contribution in [0.5, 0.6) is 17.2 Å². The Balaban J connectivity index is 1.91. The Kier molecular flexibility index (Phi) is 7.91. The van der Waals surface area contributed by atoms with Crippen LogP contribution in [0.2, 0.25) is 10.0 Å². The SMILES string of the molecule is CC(C)c1cc(Oc2c(Cl)cc(N(CC(=O)O)C(=O)C3CCCCC3)cc2Cl)ccc1O. The van der Waals surface area contributed by atoms with Gasteiger partial charge in [0.05, 0.1) is 10.0 Å². The summed E-state index contributed by atoms with van der Waals surface area (Å²) in [5, 5.41) is 19.7. The van der Waals surface area contributed by atoms with Crippen molar-refractivity contribution < 1.29 is 24.5 Å². The minimum Gasteiger partial charge on any atom is -0.508 e. The third kappa shape index (κ3) is 5.67. The van der Waals surface area contributed by atoms with Crippen molar-refractivity contribution >= 4 is 40.8 Å². The van der Waals surface area contributed by atoms with E-state index in [9.17, 15) is 19.8 Å². The van der Waals surface area contributed by atoms with Crippen LogP contribution in [-0.2, 0) is 9.59 Å². The molecule has 2 aromatic carbocycles. The van der Waals surface area contributed by atoms with E-state index < -0.39 is 12.5 Å². The van der Waals surface area contributed by atoms with Crippen molar-refractivity contribution in [1.29, 1.82) is 0 Å². The van der Waals surface area contributed by atoms with Crippen molar-refractivity contribution in [3.05, 3.63) is 45.9 Å². The number of phenolic OH excluding ortho intramolecular Hbond substituents is 1. The first-order valence-corrected chi connectivity index (χ1v) is 11.5. The van der Waals surface area contributed by atoms with E-state index in [1.807, 2.05) is 13.8 Å². The maximum atomic E-state index is 13.1. The number of amides is 1. The first-order valence-electron chi connectivity index (χ1n) is 10.7. The number of carbonyl (C=O) groups is 2. The normalized spacial score (nSPS) is 14.4. The van der Waals surface area contributed by atoms with Gasteiger partial charge in [-0.25, -0.2) is 0 Å². The molecule has 0 heterocycles. The van der Waals surface area contributed by atoms with Gasteiger partial charge in [-0.2, -0.15) is 0 Å². The van der Waals surface area contributed by atoms with Crippen LogP contribution in [0, 0.1) is 5.92 Å². The van der Waals surface area contributed by atoms with E-state index in [0.29, 0.717) is 11.4 Å². The number of carboxylic acids is 1. The van der Waals surface area contributed by atoms with Gasteiger partial charge in [0.15, 0.2) is 5.75 Å². The summed E-state index contributed by atoms with van der Waals surface area (Å²) in [6, 6.07) is 7.85. The van der Waals surface area contributed by atoms with Gasteiger partial charge in [-0.15, -0.1) is 0 Å². The molecular formula is C24H27Cl2NO5. The second kappa shape index (κ2) is 10.5. The number of nitrogens with zero attached hydrogens (tertiary/aromatic N) is 1. The molecule has 3 rings (SSSR count). The van der Waals surface area contributed by atoms with Gasteiger partial charge in [0.25, 0.3) is 0 Å². The molecule has 0 bridgehead atoms. The van der Waals surface area contributed by atoms with Gasteiger partial charge in [0.1, 0.15) is 18.0 Å². The molecule has 0 radical (unpaired) electrons. The highest BCUT2D eigenvalue weighted by molar-refractivity contribution is 6.37. The Morgan fingerprint density at radius 1 is 1.09 bits per heavy atom. The monoisotopic (exact) mass is 479 g/mol. The van der Waals surface area contributed by atoms with Gasteiger partial charge in [-0.05, 0) is 49.1 Å². The lowest BCUT2D eigenvalue weighted by molar-refractivity contribution is -0.137. The van der Waals surface area contributed by atoms with Gasteiger partial charge in [-0.1, -0.05) is 56.3 Å². The zero-order valence-corrected chi connectivity index (χ0v) is 19.6. The molecule has 1 amide bonds. The average Bonchev–Trinajstić information content (AvgIpc) is 2.75. The van der Waals surface area contributed by atoms with Crippen LogP contribution in [0.1, 0.15) is 57.4 Å². The predicted octanol–water partition coefficient (Wildman–Crippen LogP) is 6.61. The summed E-state index contributed by atoms with van der Waals surface area (Å²) >= 11 is 12.9. The lowest BCUT2D eigenvalue weighted by atomic mass is 9.88. The van der Waals surface area contributed by atoms with Gasteiger partial charge in [0.2, 0.25) is 5.91 Å². The molecule has 32 heavy (non-hydrogen) atoms. The van der Waals surface area contributed by atoms with E-state index >= 15 is 0 Å². The highest BCUT2D eigenvalue weighted by atomic mass is 35.5. The molecule has 0 aromatic heterocycles. The standard InChI is InChI=1S/C24H27Cl2NO5/c1-14(2)18-12-17(8-9-21(18)28)32-23-19(25)10-16(11-20(23)26)27(13-22(29)30)24(31)15-6-4-3-5-7-15/h8-12,14-15,28H,3-7,13H2,1-2H3,(H,29,30). The predicted molar refractivity (Wildman–Crippen MR) is 125 cm³/mol. The zero-order chi connectivity index (χ0) is 23.4. The largest absolute Gasteiger partial charge is 0.508 e. The van der Waals surface area contributed by atoms with E-state index in [-0.39, 0.29) is 39.3 Å². The van der Waals surface area contributed by atoms with Crippen LogP contribution in [0.15, 0.2) is 30.3 Å². The van der Waals surface area contributed by atoms with E-state index in [1.54, 1.807) is 12.1 Å². The van der Waals surface area contributed by atoms with Crippen LogP contribution in [0.25, 0.3) is 0 Å². The summed E-state index contributed by atoms with van der Waals surface area (Å²) in [6.45, 7) is 3.43. The number of hydrogen-bond acceptors (Lipinski definition) is 4. The number of carboxylic acid groups (broad SMARTS) is 1. The number of halogens is 2. The molecular weight excluding hydrogens is 453 g/mol. The lowest BCUT2D eigenvalue weighted by Crippen LogP contribution is -2.40. The third-order valence-corrected chi connectivity index (χ3v) is 6.21. The Morgan fingerprint density at radius 3 is 2.28 bits per heavy atom. The van der Waals surface area contributed by atoms with Crippen molar-refractivity contribution in [3.8, 4) is 17.2 Å². The van der Waals surface area contributed by atoms with Crippen LogP contribution in [-0.4, -0.2) is 28.6 Å². The smallest absolute Gasteiger partial charge is 0.323 e. The van der Waals surface area contributed by atoms with Crippen molar-refractivity contribution in [3.63, 3.8) is 0 Å². The van der Waals surface area contributed by atoms with E-state index in [0.717, 1.165) is 37.7 Å². The molecule has 0 atom stereocenters. The first kappa shape index (κ1) is 24.2. The van der Waals surface area contributed by atoms with Gasteiger partial charge < -0.3 is 19.8 Å². The fourth-order valence-electron chi connectivity index (χ4n) is 3.98. The Bertz CT molecular complexity index is 979. The van der Waals surface area contributed by atoms with Crippen LogP contribution in [0.4, 0.5) is 5.69 Å². The Labute approximate surface area is 197 Å². The Hall–Kier alpha value is -2.44. The van der Waals surface area contributed by atoms with E-state index in [4.69, 9.17) is 27.9 Å². The summed E-state index contributed by atoms with van der Waals surface area (Å²) in [7, 11) is 0. The Morgan fingerprint density at radius 2 is 1.72 bits per heavy atom. The number of aromatic hydroxyl groups is 1. The first-order chi connectivity index (χ1) is 15.2. The summed E-state index contributed by atoms with van der Waals surface area (Å²) < 4.78 is 5.88. The van der Waals surface area contributed by atoms with Gasteiger partial charge >= 0.3 is 5.97 Å². The number of phenols is 1. The molecule has 0 unspecified atom stereocenters. The minimum absolute atomic E-state index is 0.0854. The molecule has 1 saturated carbocycles. The summed E-state index contributed by atoms with van der Waals surface area (Å²) in [5.74, 6) is -0.655. The molecule has 0 saturated heterocycles. The summed E-state index contributed by atoms with van der Waals surface area (Å²) in [6.07, 6.45) is 4.49. The fraction of sp³-hybridized carbons (Fsp3) is 0.417. The molecule has 6 nitrogen and oxygen atoms in total. The number of ether oxygens (including phenoxy) is 1. The van der Waals surface area contributed by atoms with Crippen molar-refractivity contribution in [2.75, 3.05) is 11.4 Å². The number of anilines is 1.